The summed E-state index contributed by atoms with van der Waals surface area (Å²) in [6.45, 7) is 3.36. The summed E-state index contributed by atoms with van der Waals surface area (Å²) in [7, 11) is 1.45. The molecule has 0 aromatic carbocycles. The lowest BCUT2D eigenvalue weighted by molar-refractivity contribution is -0.391. The van der Waals surface area contributed by atoms with E-state index < -0.39 is 16.4 Å². The Labute approximate surface area is 105 Å². The van der Waals surface area contributed by atoms with Crippen molar-refractivity contribution in [3.63, 3.8) is 0 Å². The van der Waals surface area contributed by atoms with Crippen molar-refractivity contribution in [2.45, 2.75) is 25.8 Å². The number of aliphatic hydroxyl groups is 1. The van der Waals surface area contributed by atoms with Crippen molar-refractivity contribution in [1.82, 2.24) is 9.88 Å². The van der Waals surface area contributed by atoms with E-state index in [4.69, 9.17) is 0 Å². The normalized spacial score (nSPS) is 14.0. The summed E-state index contributed by atoms with van der Waals surface area (Å²) in [5, 5.41) is 22.6. The summed E-state index contributed by atoms with van der Waals surface area (Å²) in [5.41, 5.74) is -0.536. The Bertz CT molecular complexity index is 463. The van der Waals surface area contributed by atoms with E-state index in [1.807, 2.05) is 6.92 Å². The van der Waals surface area contributed by atoms with Crippen LogP contribution >= 0.6 is 0 Å². The van der Waals surface area contributed by atoms with Gasteiger partial charge in [0, 0.05) is 6.07 Å². The van der Waals surface area contributed by atoms with Crippen LogP contribution in [0.25, 0.3) is 0 Å². The van der Waals surface area contributed by atoms with Crippen LogP contribution in [0, 0.1) is 10.1 Å². The molecule has 100 valence electrons. The molecule has 0 aliphatic carbocycles. The highest BCUT2D eigenvalue weighted by Gasteiger charge is 2.27. The number of hydrogen-bond acceptors (Lipinski definition) is 4. The van der Waals surface area contributed by atoms with Crippen LogP contribution in [0.4, 0.5) is 5.82 Å². The lowest BCUT2D eigenvalue weighted by Gasteiger charge is -2.26. The molecule has 7 heteroatoms. The molecule has 1 atom stereocenters. The number of aliphatic hydroxyl groups excluding tert-OH is 1. The molecule has 1 unspecified atom stereocenters. The Balaban J connectivity index is 2.95. The third kappa shape index (κ3) is 2.67. The van der Waals surface area contributed by atoms with E-state index in [0.717, 1.165) is 0 Å². The van der Waals surface area contributed by atoms with Gasteiger partial charge in [-0.1, -0.05) is 6.92 Å². The van der Waals surface area contributed by atoms with Crippen LogP contribution in [-0.2, 0) is 7.05 Å². The average molecular weight is 255 g/mol. The first-order chi connectivity index (χ1) is 8.34. The second-order valence-electron chi connectivity index (χ2n) is 4.42. The largest absolute Gasteiger partial charge is 0.394 e. The van der Waals surface area contributed by atoms with E-state index in [9.17, 15) is 20.0 Å². The molecule has 0 radical (unpaired) electrons. The van der Waals surface area contributed by atoms with Crippen molar-refractivity contribution in [3.05, 3.63) is 27.9 Å². The van der Waals surface area contributed by atoms with Gasteiger partial charge in [0.1, 0.15) is 0 Å². The smallest absolute Gasteiger partial charge is 0.323 e. The SMILES string of the molecule is CCC(C)(CO)NC(=O)c1ccc([N+](=O)[O-])n1C. The molecule has 0 bridgehead atoms. The Morgan fingerprint density at radius 1 is 1.61 bits per heavy atom. The van der Waals surface area contributed by atoms with E-state index in [1.165, 1.54) is 23.7 Å². The topological polar surface area (TPSA) is 97.4 Å². The molecule has 7 nitrogen and oxygen atoms in total. The molecule has 0 saturated carbocycles. The van der Waals surface area contributed by atoms with E-state index in [2.05, 4.69) is 5.32 Å². The van der Waals surface area contributed by atoms with Gasteiger partial charge in [-0.2, -0.15) is 0 Å². The zero-order valence-electron chi connectivity index (χ0n) is 10.6. The summed E-state index contributed by atoms with van der Waals surface area (Å²) in [6, 6.07) is 2.66. The summed E-state index contributed by atoms with van der Waals surface area (Å²) in [5.74, 6) is -0.591. The van der Waals surface area contributed by atoms with Crippen molar-refractivity contribution in [2.24, 2.45) is 7.05 Å². The van der Waals surface area contributed by atoms with Crippen LogP contribution in [0.5, 0.6) is 0 Å². The molecule has 1 aromatic heterocycles. The Morgan fingerprint density at radius 2 is 2.22 bits per heavy atom. The number of nitrogens with one attached hydrogen (secondary N) is 1. The third-order valence-electron chi connectivity index (χ3n) is 3.06. The Kier molecular flexibility index (Phi) is 4.07. The molecule has 1 amide bonds. The minimum atomic E-state index is -0.726. The van der Waals surface area contributed by atoms with Gasteiger partial charge in [-0.15, -0.1) is 0 Å². The van der Waals surface area contributed by atoms with Crippen LogP contribution in [-0.4, -0.2) is 32.6 Å². The van der Waals surface area contributed by atoms with Gasteiger partial charge in [-0.3, -0.25) is 4.79 Å². The highest BCUT2D eigenvalue weighted by atomic mass is 16.6. The fourth-order valence-electron chi connectivity index (χ4n) is 1.49. The van der Waals surface area contributed by atoms with Gasteiger partial charge < -0.3 is 20.5 Å². The van der Waals surface area contributed by atoms with Gasteiger partial charge in [-0.25, -0.2) is 4.57 Å². The monoisotopic (exact) mass is 255 g/mol. The molecule has 1 heterocycles. The highest BCUT2D eigenvalue weighted by Crippen LogP contribution is 2.16. The summed E-state index contributed by atoms with van der Waals surface area (Å²) >= 11 is 0. The Morgan fingerprint density at radius 3 is 2.61 bits per heavy atom. The van der Waals surface area contributed by atoms with Crippen molar-refractivity contribution in [3.8, 4) is 0 Å². The number of carbonyl (C=O) groups excluding carboxylic acids is 1. The number of rotatable bonds is 5. The lowest BCUT2D eigenvalue weighted by atomic mass is 10.0. The van der Waals surface area contributed by atoms with Crippen molar-refractivity contribution in [2.75, 3.05) is 6.61 Å². The van der Waals surface area contributed by atoms with Gasteiger partial charge >= 0.3 is 5.82 Å². The summed E-state index contributed by atoms with van der Waals surface area (Å²) in [6.07, 6.45) is 0.557. The number of nitro groups is 1. The molecule has 1 aromatic rings. The van der Waals surface area contributed by atoms with Gasteiger partial charge in [0.2, 0.25) is 0 Å². The van der Waals surface area contributed by atoms with Crippen molar-refractivity contribution >= 4 is 11.7 Å². The highest BCUT2D eigenvalue weighted by molar-refractivity contribution is 5.93. The van der Waals surface area contributed by atoms with Crippen LogP contribution in [0.2, 0.25) is 0 Å². The number of amides is 1. The van der Waals surface area contributed by atoms with Gasteiger partial charge in [0.25, 0.3) is 5.91 Å². The fraction of sp³-hybridized carbons (Fsp3) is 0.545. The molecule has 0 aliphatic rings. The number of carbonyl (C=O) groups is 1. The van der Waals surface area contributed by atoms with Gasteiger partial charge in [0.15, 0.2) is 5.69 Å². The van der Waals surface area contributed by atoms with E-state index in [0.29, 0.717) is 6.42 Å². The van der Waals surface area contributed by atoms with Crippen molar-refractivity contribution in [1.29, 1.82) is 0 Å². The van der Waals surface area contributed by atoms with E-state index in [1.54, 1.807) is 6.92 Å². The van der Waals surface area contributed by atoms with E-state index >= 15 is 0 Å². The lowest BCUT2D eigenvalue weighted by Crippen LogP contribution is -2.48. The molecule has 0 fully saturated rings. The maximum atomic E-state index is 12.0. The molecule has 18 heavy (non-hydrogen) atoms. The average Bonchev–Trinajstić information content (AvgIpc) is 2.71. The molecule has 1 rings (SSSR count). The molecule has 0 saturated heterocycles. The van der Waals surface area contributed by atoms with Gasteiger partial charge in [-0.05, 0) is 24.3 Å². The molecular weight excluding hydrogens is 238 g/mol. The zero-order chi connectivity index (χ0) is 13.9. The van der Waals surface area contributed by atoms with E-state index in [-0.39, 0.29) is 18.1 Å². The standard InChI is InChI=1S/C11H17N3O4/c1-4-11(2,7-15)12-10(16)8-5-6-9(13(8)3)14(17)18/h5-6,15H,4,7H2,1-3H3,(H,12,16). The first-order valence-corrected chi connectivity index (χ1v) is 5.58. The predicted molar refractivity (Wildman–Crippen MR) is 65.3 cm³/mol. The molecular formula is C11H17N3O4. The van der Waals surface area contributed by atoms with Crippen molar-refractivity contribution < 1.29 is 14.8 Å². The molecule has 0 aliphatic heterocycles. The second kappa shape index (κ2) is 5.18. The second-order valence-corrected chi connectivity index (χ2v) is 4.42. The zero-order valence-corrected chi connectivity index (χ0v) is 10.6. The number of aromatic nitrogens is 1. The maximum absolute atomic E-state index is 12.0. The number of nitrogens with zero attached hydrogens (tertiary/aromatic N) is 2. The molecule has 2 N–H and O–H groups in total. The van der Waals surface area contributed by atoms with Crippen LogP contribution < -0.4 is 5.32 Å². The van der Waals surface area contributed by atoms with Crippen LogP contribution in [0.1, 0.15) is 30.8 Å². The maximum Gasteiger partial charge on any atom is 0.323 e. The van der Waals surface area contributed by atoms with Gasteiger partial charge in [0.05, 0.1) is 19.2 Å². The Hall–Kier alpha value is -1.89. The summed E-state index contributed by atoms with van der Waals surface area (Å²) in [4.78, 5) is 22.1. The quantitative estimate of drug-likeness (QED) is 0.601. The fourth-order valence-corrected chi connectivity index (χ4v) is 1.49. The first kappa shape index (κ1) is 14.2. The summed E-state index contributed by atoms with van der Waals surface area (Å²) < 4.78 is 1.21. The minimum absolute atomic E-state index is 0.151. The van der Waals surface area contributed by atoms with Crippen LogP contribution in [0.3, 0.4) is 0 Å². The first-order valence-electron chi connectivity index (χ1n) is 5.58. The predicted octanol–water partition coefficient (Wildman–Crippen LogP) is 0.824. The minimum Gasteiger partial charge on any atom is -0.394 e. The number of hydrogen-bond donors (Lipinski definition) is 2. The van der Waals surface area contributed by atoms with Crippen LogP contribution in [0.15, 0.2) is 12.1 Å². The molecule has 0 spiro atoms. The third-order valence-corrected chi connectivity index (χ3v) is 3.06.